The van der Waals surface area contributed by atoms with Crippen LogP contribution in [0.3, 0.4) is 0 Å². The standard InChI is InChI=1S/C12H7Cl2N3O2S2/c13-6-3-7(14)10-11(17-21-16-10)9(6)15-4-5-1-2-8(20-5)12(18)19/h1-3,15H,4H2,(H,18,19). The van der Waals surface area contributed by atoms with Crippen LogP contribution in [0, 0.1) is 0 Å². The molecule has 0 spiro atoms. The second-order valence-electron chi connectivity index (χ2n) is 4.10. The molecule has 1 aromatic heterocycles. The minimum absolute atomic E-state index is 0.300. The van der Waals surface area contributed by atoms with E-state index in [2.05, 4.69) is 14.0 Å². The normalized spacial score (nSPS) is 12.1. The summed E-state index contributed by atoms with van der Waals surface area (Å²) in [6.07, 6.45) is 0. The molecule has 0 atom stereocenters. The van der Waals surface area contributed by atoms with Gasteiger partial charge in [0, 0.05) is 11.4 Å². The lowest BCUT2D eigenvalue weighted by molar-refractivity contribution is 0.0702. The molecule has 1 aliphatic rings. The molecule has 0 radical (unpaired) electrons. The number of benzene rings is 1. The first kappa shape index (κ1) is 14.5. The SMILES string of the molecule is O=C(O)c1ccc(CNc2c(Cl)cc(Cl)c3c2N=S=N3)s1. The Bertz CT molecular complexity index is 813. The number of carboxylic acid groups (broad SMARTS) is 1. The second kappa shape index (κ2) is 5.76. The van der Waals surface area contributed by atoms with Gasteiger partial charge in [-0.2, -0.15) is 8.73 Å². The predicted molar refractivity (Wildman–Crippen MR) is 86.6 cm³/mol. The molecule has 1 aromatic carbocycles. The smallest absolute Gasteiger partial charge is 0.345 e. The summed E-state index contributed by atoms with van der Waals surface area (Å²) >= 11 is 14.5. The van der Waals surface area contributed by atoms with Crippen molar-refractivity contribution in [3.8, 4) is 0 Å². The van der Waals surface area contributed by atoms with E-state index >= 15 is 0 Å². The van der Waals surface area contributed by atoms with Crippen LogP contribution in [-0.2, 0) is 17.9 Å². The first-order chi connectivity index (χ1) is 10.1. The number of aromatic carboxylic acids is 1. The molecule has 2 aromatic rings. The lowest BCUT2D eigenvalue weighted by atomic mass is 10.2. The molecule has 108 valence electrons. The molecule has 3 rings (SSSR count). The Morgan fingerprint density at radius 2 is 2.00 bits per heavy atom. The van der Waals surface area contributed by atoms with Gasteiger partial charge in [0.1, 0.15) is 16.3 Å². The van der Waals surface area contributed by atoms with Gasteiger partial charge in [0.15, 0.2) is 0 Å². The number of hydrogen-bond donors (Lipinski definition) is 2. The maximum atomic E-state index is 10.9. The van der Waals surface area contributed by atoms with Crippen LogP contribution in [0.2, 0.25) is 10.0 Å². The summed E-state index contributed by atoms with van der Waals surface area (Å²) in [5.74, 6) is -0.929. The van der Waals surface area contributed by atoms with Crippen molar-refractivity contribution in [3.05, 3.63) is 38.0 Å². The lowest BCUT2D eigenvalue weighted by Crippen LogP contribution is -1.98. The van der Waals surface area contributed by atoms with Gasteiger partial charge in [-0.1, -0.05) is 23.2 Å². The highest BCUT2D eigenvalue weighted by atomic mass is 35.5. The van der Waals surface area contributed by atoms with Gasteiger partial charge >= 0.3 is 5.97 Å². The third kappa shape index (κ3) is 2.82. The Balaban J connectivity index is 1.84. The van der Waals surface area contributed by atoms with E-state index in [4.69, 9.17) is 28.3 Å². The highest BCUT2D eigenvalue weighted by Gasteiger charge is 2.18. The van der Waals surface area contributed by atoms with Crippen molar-refractivity contribution in [3.63, 3.8) is 0 Å². The molecule has 2 N–H and O–H groups in total. The highest BCUT2D eigenvalue weighted by molar-refractivity contribution is 7.58. The van der Waals surface area contributed by atoms with Crippen LogP contribution in [0.1, 0.15) is 14.5 Å². The van der Waals surface area contributed by atoms with Gasteiger partial charge in [0.05, 0.1) is 27.1 Å². The summed E-state index contributed by atoms with van der Waals surface area (Å²) in [7, 11) is 0. The lowest BCUT2D eigenvalue weighted by Gasteiger charge is -2.11. The van der Waals surface area contributed by atoms with Gasteiger partial charge in [-0.25, -0.2) is 4.79 Å². The van der Waals surface area contributed by atoms with Crippen LogP contribution in [0.5, 0.6) is 0 Å². The Morgan fingerprint density at radius 3 is 2.71 bits per heavy atom. The van der Waals surface area contributed by atoms with Gasteiger partial charge in [0.2, 0.25) is 0 Å². The number of fused-ring (bicyclic) bond motifs is 1. The average Bonchev–Trinajstić information content (AvgIpc) is 3.06. The number of nitrogens with one attached hydrogen (secondary N) is 1. The van der Waals surface area contributed by atoms with E-state index in [0.717, 1.165) is 16.2 Å². The van der Waals surface area contributed by atoms with E-state index in [1.165, 1.54) is 11.3 Å². The number of carbonyl (C=O) groups is 1. The third-order valence-electron chi connectivity index (χ3n) is 2.76. The largest absolute Gasteiger partial charge is 0.477 e. The van der Waals surface area contributed by atoms with Crippen molar-refractivity contribution in [1.29, 1.82) is 0 Å². The molecule has 0 saturated carbocycles. The van der Waals surface area contributed by atoms with Gasteiger partial charge in [-0.3, -0.25) is 0 Å². The van der Waals surface area contributed by atoms with Gasteiger partial charge in [-0.05, 0) is 18.2 Å². The second-order valence-corrected chi connectivity index (χ2v) is 6.61. The number of rotatable bonds is 4. The summed E-state index contributed by atoms with van der Waals surface area (Å²) in [4.78, 5) is 12.0. The quantitative estimate of drug-likeness (QED) is 0.680. The molecule has 0 saturated heterocycles. The fourth-order valence-electron chi connectivity index (χ4n) is 1.81. The first-order valence-electron chi connectivity index (χ1n) is 5.72. The van der Waals surface area contributed by atoms with Crippen molar-refractivity contribution in [2.45, 2.75) is 6.54 Å². The van der Waals surface area contributed by atoms with Crippen LogP contribution >= 0.6 is 34.5 Å². The summed E-state index contributed by atoms with van der Waals surface area (Å²) < 4.78 is 8.32. The number of anilines is 1. The molecule has 2 heterocycles. The van der Waals surface area contributed by atoms with E-state index in [1.807, 2.05) is 0 Å². The van der Waals surface area contributed by atoms with Crippen LogP contribution in [0.15, 0.2) is 26.9 Å². The van der Waals surface area contributed by atoms with Crippen molar-refractivity contribution in [2.24, 2.45) is 8.73 Å². The number of thiophene rings is 1. The molecule has 1 aliphatic heterocycles. The maximum absolute atomic E-state index is 10.9. The van der Waals surface area contributed by atoms with E-state index in [9.17, 15) is 4.79 Å². The highest BCUT2D eigenvalue weighted by Crippen LogP contribution is 2.47. The molecule has 5 nitrogen and oxygen atoms in total. The van der Waals surface area contributed by atoms with Crippen molar-refractivity contribution in [2.75, 3.05) is 5.32 Å². The van der Waals surface area contributed by atoms with Crippen LogP contribution < -0.4 is 5.32 Å². The topological polar surface area (TPSA) is 74.0 Å². The van der Waals surface area contributed by atoms with Gasteiger partial charge in [-0.15, -0.1) is 11.3 Å². The molecule has 0 amide bonds. The molecular weight excluding hydrogens is 353 g/mol. The summed E-state index contributed by atoms with van der Waals surface area (Å²) in [5, 5.41) is 13.0. The molecule has 21 heavy (non-hydrogen) atoms. The Labute approximate surface area is 137 Å². The minimum Gasteiger partial charge on any atom is -0.477 e. The molecule has 0 bridgehead atoms. The summed E-state index contributed by atoms with van der Waals surface area (Å²) in [6.45, 7) is 0.450. The summed E-state index contributed by atoms with van der Waals surface area (Å²) in [6, 6.07) is 4.96. The van der Waals surface area contributed by atoms with Gasteiger partial charge in [0.25, 0.3) is 0 Å². The molecule has 0 fully saturated rings. The fraction of sp³-hybridized carbons (Fsp3) is 0.0833. The van der Waals surface area contributed by atoms with E-state index in [0.29, 0.717) is 38.5 Å². The summed E-state index contributed by atoms with van der Waals surface area (Å²) in [5.41, 5.74) is 1.87. The zero-order valence-electron chi connectivity index (χ0n) is 10.3. The van der Waals surface area contributed by atoms with Crippen molar-refractivity contribution in [1.82, 2.24) is 0 Å². The zero-order valence-corrected chi connectivity index (χ0v) is 13.4. The number of hydrogen-bond acceptors (Lipinski definition) is 5. The van der Waals surface area contributed by atoms with E-state index in [-0.39, 0.29) is 0 Å². The maximum Gasteiger partial charge on any atom is 0.345 e. The zero-order chi connectivity index (χ0) is 15.0. The monoisotopic (exact) mass is 359 g/mol. The number of carboxylic acids is 1. The average molecular weight is 360 g/mol. The van der Waals surface area contributed by atoms with E-state index in [1.54, 1.807) is 18.2 Å². The molecular formula is C12H7Cl2N3O2S2. The Kier molecular flexibility index (Phi) is 3.99. The Hall–Kier alpha value is -1.41. The Morgan fingerprint density at radius 1 is 1.24 bits per heavy atom. The predicted octanol–water partition coefficient (Wildman–Crippen LogP) is 5.09. The van der Waals surface area contributed by atoms with Crippen LogP contribution in [-0.4, -0.2) is 11.1 Å². The van der Waals surface area contributed by atoms with Crippen molar-refractivity contribution < 1.29 is 9.90 Å². The fourth-order valence-corrected chi connectivity index (χ4v) is 3.77. The molecule has 0 aliphatic carbocycles. The first-order valence-corrected chi connectivity index (χ1v) is 8.02. The number of nitrogens with zero attached hydrogens (tertiary/aromatic N) is 2. The molecule has 0 unspecified atom stereocenters. The van der Waals surface area contributed by atoms with Crippen LogP contribution in [0.4, 0.5) is 17.1 Å². The van der Waals surface area contributed by atoms with Crippen molar-refractivity contribution >= 4 is 68.9 Å². The van der Waals surface area contributed by atoms with Gasteiger partial charge < -0.3 is 10.4 Å². The minimum atomic E-state index is -0.929. The van der Waals surface area contributed by atoms with Crippen LogP contribution in [0.25, 0.3) is 0 Å². The molecule has 9 heteroatoms. The number of halogens is 2. The van der Waals surface area contributed by atoms with E-state index < -0.39 is 5.97 Å². The third-order valence-corrected chi connectivity index (χ3v) is 4.94.